The van der Waals surface area contributed by atoms with Gasteiger partial charge in [-0.3, -0.25) is 9.80 Å². The summed E-state index contributed by atoms with van der Waals surface area (Å²) in [5.74, 6) is 0. The zero-order chi connectivity index (χ0) is 26.1. The molecule has 0 saturated carbocycles. The minimum atomic E-state index is -0.488. The van der Waals surface area contributed by atoms with E-state index in [0.29, 0.717) is 6.54 Å². The maximum absolute atomic E-state index is 12.1. The molecule has 0 atom stereocenters. The van der Waals surface area contributed by atoms with E-state index in [1.807, 2.05) is 82.4 Å². The number of carbonyl (C=O) groups is 2. The highest BCUT2D eigenvalue weighted by atomic mass is 16.7. The maximum Gasteiger partial charge on any atom is 0.492 e. The van der Waals surface area contributed by atoms with Crippen molar-refractivity contribution in [1.29, 1.82) is 0 Å². The van der Waals surface area contributed by atoms with Gasteiger partial charge in [0.05, 0.1) is 11.2 Å². The maximum atomic E-state index is 12.1. The molecule has 0 radical (unpaired) electrons. The smallest absolute Gasteiger partial charge is 0.443 e. The van der Waals surface area contributed by atoms with Gasteiger partial charge >= 0.3 is 19.3 Å². The van der Waals surface area contributed by atoms with Gasteiger partial charge in [0.1, 0.15) is 11.2 Å². The monoisotopic (exact) mass is 478 g/mol. The zero-order valence-electron chi connectivity index (χ0n) is 22.9. The van der Waals surface area contributed by atoms with Gasteiger partial charge in [-0.2, -0.15) is 0 Å². The average Bonchev–Trinajstić information content (AvgIpc) is 3.31. The molecule has 2 amide bonds. The molecule has 1 saturated heterocycles. The highest BCUT2D eigenvalue weighted by Gasteiger charge is 2.53. The highest BCUT2D eigenvalue weighted by Crippen LogP contribution is 2.40. The van der Waals surface area contributed by atoms with E-state index in [0.717, 1.165) is 24.9 Å². The van der Waals surface area contributed by atoms with E-state index >= 15 is 0 Å². The molecule has 3 aliphatic heterocycles. The van der Waals surface area contributed by atoms with Crippen molar-refractivity contribution < 1.29 is 28.4 Å². The van der Waals surface area contributed by atoms with Crippen molar-refractivity contribution in [3.8, 4) is 0 Å². The Morgan fingerprint density at radius 1 is 0.824 bits per heavy atom. The van der Waals surface area contributed by atoms with Gasteiger partial charge in [0, 0.05) is 25.5 Å². The summed E-state index contributed by atoms with van der Waals surface area (Å²) in [6.45, 7) is 22.7. The molecular formula is C25H43BN2O6. The fraction of sp³-hybridized carbons (Fsp3) is 0.760. The first-order valence-corrected chi connectivity index (χ1v) is 12.0. The first-order chi connectivity index (χ1) is 15.3. The Labute approximate surface area is 205 Å². The minimum absolute atomic E-state index is 0.246. The Bertz CT molecular complexity index is 819. The molecule has 3 rings (SSSR count). The van der Waals surface area contributed by atoms with Gasteiger partial charge in [-0.25, -0.2) is 9.59 Å². The van der Waals surface area contributed by atoms with Crippen LogP contribution >= 0.6 is 0 Å². The second-order valence-electron chi connectivity index (χ2n) is 12.1. The van der Waals surface area contributed by atoms with Gasteiger partial charge in [-0.05, 0) is 94.5 Å². The van der Waals surface area contributed by atoms with E-state index in [1.165, 1.54) is 5.57 Å². The molecule has 0 aromatic carbocycles. The second-order valence-corrected chi connectivity index (χ2v) is 12.1. The lowest BCUT2D eigenvalue weighted by Crippen LogP contribution is -2.41. The molecule has 0 spiro atoms. The molecule has 9 heteroatoms. The third-order valence-electron chi connectivity index (χ3n) is 5.90. The van der Waals surface area contributed by atoms with Crippen LogP contribution in [-0.4, -0.2) is 64.6 Å². The van der Waals surface area contributed by atoms with E-state index < -0.39 is 11.2 Å². The van der Waals surface area contributed by atoms with Crippen LogP contribution in [0, 0.1) is 0 Å². The third-order valence-corrected chi connectivity index (χ3v) is 5.90. The summed E-state index contributed by atoms with van der Waals surface area (Å²) in [5.41, 5.74) is 0.597. The van der Waals surface area contributed by atoms with Crippen LogP contribution in [0.2, 0.25) is 0 Å². The number of nitrogens with zero attached hydrogens (tertiary/aromatic N) is 2. The number of rotatable bonds is 1. The molecule has 0 unspecified atom stereocenters. The molecule has 3 heterocycles. The van der Waals surface area contributed by atoms with Crippen LogP contribution in [0.1, 0.15) is 89.0 Å². The summed E-state index contributed by atoms with van der Waals surface area (Å²) < 4.78 is 22.6. The molecular weight excluding hydrogens is 435 g/mol. The number of amides is 2. The van der Waals surface area contributed by atoms with Gasteiger partial charge in [-0.1, -0.05) is 5.57 Å². The first-order valence-electron chi connectivity index (χ1n) is 12.0. The quantitative estimate of drug-likeness (QED) is 0.452. The van der Waals surface area contributed by atoms with Gasteiger partial charge < -0.3 is 18.8 Å². The van der Waals surface area contributed by atoms with Gasteiger partial charge in [-0.15, -0.1) is 0 Å². The fourth-order valence-electron chi connectivity index (χ4n) is 3.37. The standard InChI is InChI=1S/C15H26BNO4.C10H17NO2/c1-13(2,3)19-12(18)17-9-8-11(10-17)16-20-14(4,5)15(6,7)21-16;1-8-5-6-11(7-8)9(12)13-10(2,3)4/h10H,8-9H2,1-7H3;7H,5-6H2,1-4H3. The topological polar surface area (TPSA) is 77.5 Å². The molecule has 0 aromatic heterocycles. The van der Waals surface area contributed by atoms with Crippen LogP contribution < -0.4 is 0 Å². The van der Waals surface area contributed by atoms with Crippen LogP contribution in [0.15, 0.2) is 23.4 Å². The zero-order valence-corrected chi connectivity index (χ0v) is 22.9. The minimum Gasteiger partial charge on any atom is -0.443 e. The van der Waals surface area contributed by atoms with Gasteiger partial charge in [0.25, 0.3) is 0 Å². The predicted octanol–water partition coefficient (Wildman–Crippen LogP) is 5.67. The number of ether oxygens (including phenoxy) is 2. The van der Waals surface area contributed by atoms with Crippen molar-refractivity contribution in [2.75, 3.05) is 13.1 Å². The lowest BCUT2D eigenvalue weighted by Gasteiger charge is -2.32. The van der Waals surface area contributed by atoms with Crippen molar-refractivity contribution in [2.45, 2.75) is 111 Å². The molecule has 0 N–H and O–H groups in total. The summed E-state index contributed by atoms with van der Waals surface area (Å²) in [7, 11) is -0.387. The van der Waals surface area contributed by atoms with Crippen LogP contribution in [0.3, 0.4) is 0 Å². The molecule has 0 aliphatic carbocycles. The summed E-state index contributed by atoms with van der Waals surface area (Å²) in [6.07, 6.45) is 4.79. The van der Waals surface area contributed by atoms with Crippen LogP contribution in [0.25, 0.3) is 0 Å². The molecule has 3 aliphatic rings. The summed E-state index contributed by atoms with van der Waals surface area (Å²) in [4.78, 5) is 26.7. The van der Waals surface area contributed by atoms with Crippen LogP contribution in [-0.2, 0) is 18.8 Å². The van der Waals surface area contributed by atoms with E-state index in [1.54, 1.807) is 16.0 Å². The Morgan fingerprint density at radius 3 is 1.62 bits per heavy atom. The Morgan fingerprint density at radius 2 is 1.24 bits per heavy atom. The Kier molecular flexibility index (Phi) is 8.25. The van der Waals surface area contributed by atoms with Crippen LogP contribution in [0.5, 0.6) is 0 Å². The van der Waals surface area contributed by atoms with Crippen molar-refractivity contribution in [3.63, 3.8) is 0 Å². The lowest BCUT2D eigenvalue weighted by molar-refractivity contribution is 0.00578. The Balaban J connectivity index is 0.000000270. The Hall–Kier alpha value is -2.00. The SMILES string of the molecule is CC(C)(C)OC(=O)N1C=C(B2OC(C)(C)C(C)(C)O2)CC1.CC1=CN(C(=O)OC(C)(C)C)CC1. The van der Waals surface area contributed by atoms with Crippen molar-refractivity contribution in [2.24, 2.45) is 0 Å². The normalized spacial score (nSPS) is 21.6. The van der Waals surface area contributed by atoms with Crippen molar-refractivity contribution in [3.05, 3.63) is 23.4 Å². The molecule has 0 aromatic rings. The second kappa shape index (κ2) is 9.94. The van der Waals surface area contributed by atoms with E-state index in [4.69, 9.17) is 18.8 Å². The molecule has 34 heavy (non-hydrogen) atoms. The summed E-state index contributed by atoms with van der Waals surface area (Å²) >= 11 is 0. The van der Waals surface area contributed by atoms with Gasteiger partial charge in [0.2, 0.25) is 0 Å². The van der Waals surface area contributed by atoms with Gasteiger partial charge in [0.15, 0.2) is 0 Å². The number of hydrogen-bond acceptors (Lipinski definition) is 6. The highest BCUT2D eigenvalue weighted by molar-refractivity contribution is 6.54. The fourth-order valence-corrected chi connectivity index (χ4v) is 3.37. The number of hydrogen-bond donors (Lipinski definition) is 0. The first kappa shape index (κ1) is 28.2. The summed E-state index contributed by atoms with van der Waals surface area (Å²) in [6, 6.07) is 0. The molecule has 1 fully saturated rings. The number of carbonyl (C=O) groups excluding carboxylic acids is 2. The van der Waals surface area contributed by atoms with E-state index in [-0.39, 0.29) is 30.5 Å². The molecule has 8 nitrogen and oxygen atoms in total. The third kappa shape index (κ3) is 7.77. The van der Waals surface area contributed by atoms with E-state index in [2.05, 4.69) is 0 Å². The van der Waals surface area contributed by atoms with Crippen LogP contribution in [0.4, 0.5) is 9.59 Å². The van der Waals surface area contributed by atoms with Crippen molar-refractivity contribution >= 4 is 19.3 Å². The lowest BCUT2D eigenvalue weighted by atomic mass is 9.78. The summed E-state index contributed by atoms with van der Waals surface area (Å²) in [5, 5.41) is 0. The predicted molar refractivity (Wildman–Crippen MR) is 133 cm³/mol. The van der Waals surface area contributed by atoms with Crippen molar-refractivity contribution in [1.82, 2.24) is 9.80 Å². The largest absolute Gasteiger partial charge is 0.492 e. The van der Waals surface area contributed by atoms with E-state index in [9.17, 15) is 9.59 Å². The molecule has 192 valence electrons. The average molecular weight is 478 g/mol. The molecule has 0 bridgehead atoms.